The van der Waals surface area contributed by atoms with E-state index in [9.17, 15) is 18.9 Å². The molecule has 3 rings (SSSR count). The second-order valence-electron chi connectivity index (χ2n) is 14.7. The summed E-state index contributed by atoms with van der Waals surface area (Å²) in [6, 6.07) is 18.1. The standard InChI is InChI=1S/C45H69N6O7P/c1-4-7-10-13-16-19-34-46-43(52)49-37-22-28-40(29-23-37)56-59(55,57-41-30-24-38(25-31-41)50-44(53)47-35-20-17-14-11-8-5-2)58-42-32-26-39(27-33-42)51-45(54)48-36-21-18-15-12-9-6-3/h22-33H,4-21,34-36H2,1-3H3,(H2,46,49,52)(H2,47,50,53)(H2,48,51,54). The van der Waals surface area contributed by atoms with E-state index in [0.717, 1.165) is 57.8 Å². The van der Waals surface area contributed by atoms with Gasteiger partial charge in [0.25, 0.3) is 0 Å². The van der Waals surface area contributed by atoms with Crippen molar-refractivity contribution in [3.8, 4) is 17.2 Å². The number of hydrogen-bond donors (Lipinski definition) is 6. The van der Waals surface area contributed by atoms with Crippen LogP contribution in [0.3, 0.4) is 0 Å². The third-order valence-electron chi connectivity index (χ3n) is 9.44. The van der Waals surface area contributed by atoms with Crippen LogP contribution in [-0.2, 0) is 4.57 Å². The highest BCUT2D eigenvalue weighted by molar-refractivity contribution is 7.49. The SMILES string of the molecule is CCCCCCCCNC(=O)Nc1ccc(OP(=O)(Oc2ccc(NC(=O)NCCCCCCCC)cc2)Oc2ccc(NC(=O)NCCCCCCCC)cc2)cc1. The molecule has 6 amide bonds. The zero-order valence-corrected chi connectivity index (χ0v) is 36.5. The van der Waals surface area contributed by atoms with E-state index < -0.39 is 7.82 Å². The van der Waals surface area contributed by atoms with Crippen LogP contribution in [-0.4, -0.2) is 37.7 Å². The van der Waals surface area contributed by atoms with Crippen LogP contribution in [0.4, 0.5) is 31.4 Å². The van der Waals surface area contributed by atoms with E-state index in [1.54, 1.807) is 72.8 Å². The quantitative estimate of drug-likeness (QED) is 0.0287. The van der Waals surface area contributed by atoms with Crippen LogP contribution in [0.1, 0.15) is 136 Å². The summed E-state index contributed by atoms with van der Waals surface area (Å²) in [5, 5.41) is 17.0. The van der Waals surface area contributed by atoms with E-state index in [2.05, 4.69) is 52.7 Å². The molecule has 0 unspecified atom stereocenters. The third kappa shape index (κ3) is 22.2. The number of phosphoric ester groups is 1. The average Bonchev–Trinajstić information content (AvgIpc) is 3.22. The zero-order valence-electron chi connectivity index (χ0n) is 35.6. The number of unbranched alkanes of at least 4 members (excludes halogenated alkanes) is 15. The van der Waals surface area contributed by atoms with E-state index in [0.29, 0.717) is 36.7 Å². The number of benzene rings is 3. The number of rotatable bonds is 30. The molecule has 0 heterocycles. The van der Waals surface area contributed by atoms with Gasteiger partial charge in [0.2, 0.25) is 0 Å². The fourth-order valence-corrected chi connectivity index (χ4v) is 7.34. The largest absolute Gasteiger partial charge is 0.647 e. The van der Waals surface area contributed by atoms with Gasteiger partial charge in [-0.15, -0.1) is 0 Å². The number of nitrogens with one attached hydrogen (secondary N) is 6. The zero-order chi connectivity index (χ0) is 42.4. The Kier molecular flexibility index (Phi) is 24.1. The summed E-state index contributed by atoms with van der Waals surface area (Å²) in [7, 11) is -4.40. The fraction of sp³-hybridized carbons (Fsp3) is 0.533. The summed E-state index contributed by atoms with van der Waals surface area (Å²) in [5.74, 6) is 0.519. The maximum absolute atomic E-state index is 14.3. The molecule has 3 aromatic rings. The molecular weight excluding hydrogens is 768 g/mol. The van der Waals surface area contributed by atoms with E-state index in [1.807, 2.05) is 0 Å². The topological polar surface area (TPSA) is 168 Å². The van der Waals surface area contributed by atoms with Crippen molar-refractivity contribution in [1.82, 2.24) is 16.0 Å². The molecule has 14 heteroatoms. The van der Waals surface area contributed by atoms with Crippen molar-refractivity contribution in [2.75, 3.05) is 35.6 Å². The van der Waals surface area contributed by atoms with Gasteiger partial charge < -0.3 is 45.5 Å². The number of carbonyl (C=O) groups excluding carboxylic acids is 3. The van der Waals surface area contributed by atoms with Crippen LogP contribution < -0.4 is 45.5 Å². The van der Waals surface area contributed by atoms with Gasteiger partial charge in [-0.2, -0.15) is 4.57 Å². The minimum atomic E-state index is -4.40. The number of carbonyl (C=O) groups is 3. The first-order chi connectivity index (χ1) is 28.7. The van der Waals surface area contributed by atoms with E-state index in [1.165, 1.54) is 57.8 Å². The molecule has 0 aliphatic carbocycles. The first-order valence-electron chi connectivity index (χ1n) is 21.9. The lowest BCUT2D eigenvalue weighted by Gasteiger charge is -2.20. The molecule has 0 saturated carbocycles. The summed E-state index contributed by atoms with van der Waals surface area (Å²) in [6.45, 7) is 8.32. The van der Waals surface area contributed by atoms with E-state index >= 15 is 0 Å². The molecule has 0 aliphatic heterocycles. The first kappa shape index (κ1) is 48.5. The van der Waals surface area contributed by atoms with Crippen molar-refractivity contribution in [1.29, 1.82) is 0 Å². The number of amides is 6. The van der Waals surface area contributed by atoms with Crippen LogP contribution >= 0.6 is 7.82 Å². The number of urea groups is 3. The number of anilines is 3. The first-order valence-corrected chi connectivity index (χ1v) is 23.3. The molecule has 0 atom stereocenters. The molecule has 3 aromatic carbocycles. The van der Waals surface area contributed by atoms with Gasteiger partial charge in [-0.1, -0.05) is 117 Å². The Morgan fingerprint density at radius 1 is 0.390 bits per heavy atom. The Bertz CT molecular complexity index is 1460. The van der Waals surface area contributed by atoms with Crippen LogP contribution in [0.5, 0.6) is 17.2 Å². The van der Waals surface area contributed by atoms with Gasteiger partial charge in [0.1, 0.15) is 17.2 Å². The molecule has 326 valence electrons. The fourth-order valence-electron chi connectivity index (χ4n) is 6.09. The Hall–Kier alpha value is -4.90. The van der Waals surface area contributed by atoms with Gasteiger partial charge >= 0.3 is 25.9 Å². The summed E-state index contributed by atoms with van der Waals surface area (Å²) in [6.07, 6.45) is 20.4. The average molecular weight is 837 g/mol. The van der Waals surface area contributed by atoms with Crippen molar-refractivity contribution in [2.45, 2.75) is 136 Å². The summed E-state index contributed by atoms with van der Waals surface area (Å²) in [4.78, 5) is 37.3. The highest BCUT2D eigenvalue weighted by atomic mass is 31.2. The predicted octanol–water partition coefficient (Wildman–Crippen LogP) is 12.8. The van der Waals surface area contributed by atoms with Gasteiger partial charge in [-0.3, -0.25) is 0 Å². The Labute approximate surface area is 352 Å². The lowest BCUT2D eigenvalue weighted by Crippen LogP contribution is -2.29. The summed E-state index contributed by atoms with van der Waals surface area (Å²) >= 11 is 0. The molecule has 0 radical (unpaired) electrons. The van der Waals surface area contributed by atoms with Crippen molar-refractivity contribution in [3.63, 3.8) is 0 Å². The maximum atomic E-state index is 14.3. The highest BCUT2D eigenvalue weighted by Crippen LogP contribution is 2.50. The molecule has 0 aliphatic rings. The Balaban J connectivity index is 1.60. The predicted molar refractivity (Wildman–Crippen MR) is 240 cm³/mol. The van der Waals surface area contributed by atoms with Crippen LogP contribution in [0, 0.1) is 0 Å². The molecule has 0 aromatic heterocycles. The van der Waals surface area contributed by atoms with Crippen LogP contribution in [0.15, 0.2) is 72.8 Å². The second-order valence-corrected chi connectivity index (χ2v) is 16.2. The van der Waals surface area contributed by atoms with Gasteiger partial charge in [-0.25, -0.2) is 14.4 Å². The molecule has 0 spiro atoms. The minimum Gasteiger partial charge on any atom is -0.386 e. The van der Waals surface area contributed by atoms with Crippen molar-refractivity contribution in [3.05, 3.63) is 72.8 Å². The molecule has 59 heavy (non-hydrogen) atoms. The van der Waals surface area contributed by atoms with E-state index in [-0.39, 0.29) is 35.3 Å². The lowest BCUT2D eigenvalue weighted by atomic mass is 10.1. The Morgan fingerprint density at radius 2 is 0.627 bits per heavy atom. The van der Waals surface area contributed by atoms with Crippen LogP contribution in [0.2, 0.25) is 0 Å². The van der Waals surface area contributed by atoms with Gasteiger partial charge in [0, 0.05) is 36.7 Å². The van der Waals surface area contributed by atoms with Gasteiger partial charge in [0.05, 0.1) is 0 Å². The smallest absolute Gasteiger partial charge is 0.386 e. The van der Waals surface area contributed by atoms with Crippen LogP contribution in [0.25, 0.3) is 0 Å². The van der Waals surface area contributed by atoms with Crippen molar-refractivity contribution in [2.24, 2.45) is 0 Å². The molecule has 6 N–H and O–H groups in total. The summed E-state index contributed by atoms with van der Waals surface area (Å²) < 4.78 is 31.9. The highest BCUT2D eigenvalue weighted by Gasteiger charge is 2.33. The molecule has 0 bridgehead atoms. The molecule has 13 nitrogen and oxygen atoms in total. The Morgan fingerprint density at radius 3 is 0.881 bits per heavy atom. The van der Waals surface area contributed by atoms with Gasteiger partial charge in [0.15, 0.2) is 0 Å². The second kappa shape index (κ2) is 29.3. The minimum absolute atomic E-state index is 0.173. The lowest BCUT2D eigenvalue weighted by molar-refractivity contribution is 0.251. The molecule has 0 saturated heterocycles. The third-order valence-corrected chi connectivity index (χ3v) is 10.7. The number of phosphoric acid groups is 1. The monoisotopic (exact) mass is 836 g/mol. The van der Waals surface area contributed by atoms with Crippen molar-refractivity contribution < 1.29 is 32.5 Å². The van der Waals surface area contributed by atoms with Crippen molar-refractivity contribution >= 4 is 43.0 Å². The molecule has 0 fully saturated rings. The summed E-state index contributed by atoms with van der Waals surface area (Å²) in [5.41, 5.74) is 1.56. The van der Waals surface area contributed by atoms with Gasteiger partial charge in [-0.05, 0) is 92.1 Å². The molecular formula is C45H69N6O7P. The maximum Gasteiger partial charge on any atom is 0.647 e. The normalized spacial score (nSPS) is 11.0. The van der Waals surface area contributed by atoms with E-state index in [4.69, 9.17) is 13.6 Å². The number of hydrogen-bond acceptors (Lipinski definition) is 7.